The van der Waals surface area contributed by atoms with Crippen molar-refractivity contribution in [2.75, 3.05) is 19.4 Å². The van der Waals surface area contributed by atoms with Crippen molar-refractivity contribution < 1.29 is 13.2 Å². The Balaban J connectivity index is 1.78. The minimum Gasteiger partial charge on any atom is -0.322 e. The Labute approximate surface area is 156 Å². The van der Waals surface area contributed by atoms with Gasteiger partial charge < -0.3 is 5.32 Å². The Morgan fingerprint density at radius 1 is 1.12 bits per heavy atom. The third kappa shape index (κ3) is 3.82. The summed E-state index contributed by atoms with van der Waals surface area (Å²) in [5.74, 6) is -0.372. The van der Waals surface area contributed by atoms with E-state index < -0.39 is 10.0 Å². The first-order valence-corrected chi connectivity index (χ1v) is 10.0. The molecule has 0 saturated carbocycles. The molecule has 1 amide bonds. The number of rotatable bonds is 5. The third-order valence-electron chi connectivity index (χ3n) is 3.70. The van der Waals surface area contributed by atoms with Crippen LogP contribution in [0.2, 0.25) is 0 Å². The number of nitrogens with one attached hydrogen (secondary N) is 1. The summed E-state index contributed by atoms with van der Waals surface area (Å²) in [6, 6.07) is 13.3. The van der Waals surface area contributed by atoms with E-state index in [1.165, 1.54) is 37.6 Å². The topological polar surface area (TPSA) is 79.4 Å². The predicted octanol–water partition coefficient (Wildman–Crippen LogP) is 3.31. The number of benzene rings is 2. The van der Waals surface area contributed by atoms with Gasteiger partial charge in [-0.2, -0.15) is 0 Å². The standard InChI is InChI=1S/C18H17N3O3S2/c1-21(2)26(23,24)16-5-3-4-14(12-16)17(22)20-15-8-6-13(7-9-15)18-19-10-11-25-18/h3-12H,1-2H3,(H,20,22). The fraction of sp³-hybridized carbons (Fsp3) is 0.111. The molecule has 0 spiro atoms. The number of carbonyl (C=O) groups is 1. The minimum atomic E-state index is -3.59. The molecule has 8 heteroatoms. The Bertz CT molecular complexity index is 1010. The van der Waals surface area contributed by atoms with Gasteiger partial charge in [-0.05, 0) is 42.5 Å². The number of nitrogens with zero attached hydrogens (tertiary/aromatic N) is 2. The van der Waals surface area contributed by atoms with Crippen LogP contribution in [0.25, 0.3) is 10.6 Å². The highest BCUT2D eigenvalue weighted by Crippen LogP contribution is 2.23. The summed E-state index contributed by atoms with van der Waals surface area (Å²) in [4.78, 5) is 16.8. The first-order chi connectivity index (χ1) is 12.4. The second-order valence-corrected chi connectivity index (χ2v) is 8.73. The minimum absolute atomic E-state index is 0.0780. The molecule has 1 aromatic heterocycles. The van der Waals surface area contributed by atoms with Crippen LogP contribution in [0.1, 0.15) is 10.4 Å². The van der Waals surface area contributed by atoms with Crippen LogP contribution in [0, 0.1) is 0 Å². The molecule has 6 nitrogen and oxygen atoms in total. The monoisotopic (exact) mass is 387 g/mol. The van der Waals surface area contributed by atoms with Crippen molar-refractivity contribution in [1.29, 1.82) is 0 Å². The molecule has 0 saturated heterocycles. The number of thiazole rings is 1. The maximum absolute atomic E-state index is 12.4. The molecule has 0 unspecified atom stereocenters. The molecule has 0 aliphatic heterocycles. The largest absolute Gasteiger partial charge is 0.322 e. The van der Waals surface area contributed by atoms with Crippen LogP contribution in [0.3, 0.4) is 0 Å². The van der Waals surface area contributed by atoms with E-state index in [9.17, 15) is 13.2 Å². The van der Waals surface area contributed by atoms with E-state index in [1.54, 1.807) is 30.5 Å². The van der Waals surface area contributed by atoms with Gasteiger partial charge in [-0.25, -0.2) is 17.7 Å². The van der Waals surface area contributed by atoms with Gasteiger partial charge in [0.1, 0.15) is 5.01 Å². The predicted molar refractivity (Wildman–Crippen MR) is 103 cm³/mol. The SMILES string of the molecule is CN(C)S(=O)(=O)c1cccc(C(=O)Nc2ccc(-c3nccs3)cc2)c1. The van der Waals surface area contributed by atoms with Gasteiger partial charge in [0.2, 0.25) is 10.0 Å². The Morgan fingerprint density at radius 3 is 2.46 bits per heavy atom. The van der Waals surface area contributed by atoms with Crippen LogP contribution in [0.5, 0.6) is 0 Å². The zero-order valence-electron chi connectivity index (χ0n) is 14.2. The maximum atomic E-state index is 12.4. The molecule has 0 bridgehead atoms. The summed E-state index contributed by atoms with van der Waals surface area (Å²) in [6.07, 6.45) is 1.74. The van der Waals surface area contributed by atoms with Gasteiger partial charge in [-0.3, -0.25) is 4.79 Å². The Kier molecular flexibility index (Phi) is 5.17. The number of carbonyl (C=O) groups excluding carboxylic acids is 1. The smallest absolute Gasteiger partial charge is 0.255 e. The lowest BCUT2D eigenvalue weighted by Gasteiger charge is -2.12. The van der Waals surface area contributed by atoms with E-state index in [2.05, 4.69) is 10.3 Å². The summed E-state index contributed by atoms with van der Waals surface area (Å²) in [6.45, 7) is 0. The molecule has 1 heterocycles. The zero-order chi connectivity index (χ0) is 18.7. The lowest BCUT2D eigenvalue weighted by atomic mass is 10.2. The van der Waals surface area contributed by atoms with Crippen LogP contribution in [0.4, 0.5) is 5.69 Å². The quantitative estimate of drug-likeness (QED) is 0.728. The van der Waals surface area contributed by atoms with Crippen LogP contribution < -0.4 is 5.32 Å². The molecule has 1 N–H and O–H groups in total. The number of sulfonamides is 1. The van der Waals surface area contributed by atoms with Gasteiger partial charge in [-0.1, -0.05) is 6.07 Å². The fourth-order valence-corrected chi connectivity index (χ4v) is 3.87. The number of amides is 1. The second kappa shape index (κ2) is 7.36. The van der Waals surface area contributed by atoms with Crippen molar-refractivity contribution in [3.63, 3.8) is 0 Å². The van der Waals surface area contributed by atoms with Gasteiger partial charge in [0.05, 0.1) is 4.90 Å². The van der Waals surface area contributed by atoms with E-state index in [0.717, 1.165) is 14.9 Å². The van der Waals surface area contributed by atoms with Gasteiger partial charge in [0.25, 0.3) is 5.91 Å². The lowest BCUT2D eigenvalue weighted by Crippen LogP contribution is -2.22. The summed E-state index contributed by atoms with van der Waals surface area (Å²) in [5.41, 5.74) is 1.87. The number of aromatic nitrogens is 1. The van der Waals surface area contributed by atoms with Gasteiger partial charge >= 0.3 is 0 Å². The van der Waals surface area contributed by atoms with Crippen molar-refractivity contribution in [2.24, 2.45) is 0 Å². The van der Waals surface area contributed by atoms with Crippen LogP contribution in [0.15, 0.2) is 65.0 Å². The highest BCUT2D eigenvalue weighted by molar-refractivity contribution is 7.89. The highest BCUT2D eigenvalue weighted by atomic mass is 32.2. The average Bonchev–Trinajstić information content (AvgIpc) is 3.17. The maximum Gasteiger partial charge on any atom is 0.255 e. The normalized spacial score (nSPS) is 11.5. The summed E-state index contributed by atoms with van der Waals surface area (Å²) in [7, 11) is -0.688. The molecule has 3 aromatic rings. The lowest BCUT2D eigenvalue weighted by molar-refractivity contribution is 0.102. The molecule has 0 atom stereocenters. The van der Waals surface area contributed by atoms with Crippen LogP contribution in [-0.2, 0) is 10.0 Å². The van der Waals surface area contributed by atoms with Gasteiger partial charge in [0, 0.05) is 42.5 Å². The van der Waals surface area contributed by atoms with Gasteiger partial charge in [-0.15, -0.1) is 11.3 Å². The van der Waals surface area contributed by atoms with Crippen LogP contribution in [-0.4, -0.2) is 37.7 Å². The molecule has 0 radical (unpaired) electrons. The number of hydrogen-bond acceptors (Lipinski definition) is 5. The van der Waals surface area contributed by atoms with E-state index in [0.29, 0.717) is 5.69 Å². The molecular formula is C18H17N3O3S2. The van der Waals surface area contributed by atoms with E-state index in [-0.39, 0.29) is 16.4 Å². The number of hydrogen-bond donors (Lipinski definition) is 1. The summed E-state index contributed by atoms with van der Waals surface area (Å²) < 4.78 is 25.5. The molecule has 3 rings (SSSR count). The summed E-state index contributed by atoms with van der Waals surface area (Å²) >= 11 is 1.54. The van der Waals surface area contributed by atoms with E-state index in [1.807, 2.05) is 17.5 Å². The molecule has 134 valence electrons. The van der Waals surface area contributed by atoms with Crippen molar-refractivity contribution in [1.82, 2.24) is 9.29 Å². The molecular weight excluding hydrogens is 370 g/mol. The van der Waals surface area contributed by atoms with E-state index in [4.69, 9.17) is 0 Å². The summed E-state index contributed by atoms with van der Waals surface area (Å²) in [5, 5.41) is 5.58. The molecule has 0 aliphatic rings. The Morgan fingerprint density at radius 2 is 1.85 bits per heavy atom. The zero-order valence-corrected chi connectivity index (χ0v) is 15.8. The van der Waals surface area contributed by atoms with E-state index >= 15 is 0 Å². The van der Waals surface area contributed by atoms with Crippen molar-refractivity contribution in [3.8, 4) is 10.6 Å². The first-order valence-electron chi connectivity index (χ1n) is 7.72. The molecule has 26 heavy (non-hydrogen) atoms. The first kappa shape index (κ1) is 18.2. The van der Waals surface area contributed by atoms with Crippen molar-refractivity contribution in [3.05, 3.63) is 65.7 Å². The molecule has 2 aromatic carbocycles. The molecule has 0 aliphatic carbocycles. The third-order valence-corrected chi connectivity index (χ3v) is 6.33. The van der Waals surface area contributed by atoms with Gasteiger partial charge in [0.15, 0.2) is 0 Å². The molecule has 0 fully saturated rings. The Hall–Kier alpha value is -2.55. The van der Waals surface area contributed by atoms with Crippen LogP contribution >= 0.6 is 11.3 Å². The second-order valence-electron chi connectivity index (χ2n) is 5.68. The fourth-order valence-electron chi connectivity index (χ4n) is 2.27. The van der Waals surface area contributed by atoms with Crippen molar-refractivity contribution >= 4 is 33.0 Å². The highest BCUT2D eigenvalue weighted by Gasteiger charge is 2.18. The number of anilines is 1. The average molecular weight is 387 g/mol. The van der Waals surface area contributed by atoms with Crippen molar-refractivity contribution in [2.45, 2.75) is 4.90 Å².